The predicted molar refractivity (Wildman–Crippen MR) is 83.8 cm³/mol. The second kappa shape index (κ2) is 7.98. The highest BCUT2D eigenvalue weighted by atomic mass is 16.7. The fraction of sp³-hybridized carbons (Fsp3) is 0.800. The first-order valence-electron chi connectivity index (χ1n) is 8.63. The lowest BCUT2D eigenvalue weighted by Gasteiger charge is -2.30. The largest absolute Gasteiger partial charge is 0.464 e. The van der Waals surface area contributed by atoms with Gasteiger partial charge in [0.05, 0.1) is 19.3 Å². The van der Waals surface area contributed by atoms with E-state index in [1.165, 1.54) is 9.96 Å². The summed E-state index contributed by atoms with van der Waals surface area (Å²) in [6, 6.07) is -0.885. The molecule has 0 unspecified atom stereocenters. The van der Waals surface area contributed by atoms with Crippen molar-refractivity contribution in [3.8, 4) is 0 Å². The molecule has 0 saturated carbocycles. The van der Waals surface area contributed by atoms with Gasteiger partial charge in [0.25, 0.3) is 5.91 Å². The van der Waals surface area contributed by atoms with Crippen LogP contribution in [0.4, 0.5) is 4.79 Å². The molecule has 3 aliphatic rings. The third kappa shape index (κ3) is 4.02. The minimum absolute atomic E-state index is 0.161. The van der Waals surface area contributed by atoms with Gasteiger partial charge in [-0.1, -0.05) is 0 Å². The molecule has 0 aromatic rings. The Kier molecular flexibility index (Phi) is 5.71. The number of carbonyl (C=O) groups is 3. The number of rotatable bonds is 8. The number of urea groups is 1. The molecule has 0 spiro atoms. The third-order valence-corrected chi connectivity index (χ3v) is 4.64. The van der Waals surface area contributed by atoms with E-state index in [0.717, 1.165) is 13.0 Å². The maximum Gasteiger partial charge on any atom is 0.345 e. The molecular weight excluding hydrogens is 332 g/mol. The fourth-order valence-electron chi connectivity index (χ4n) is 3.17. The lowest BCUT2D eigenvalue weighted by atomic mass is 10.0. The first-order valence-corrected chi connectivity index (χ1v) is 8.63. The van der Waals surface area contributed by atoms with Crippen LogP contribution in [-0.4, -0.2) is 78.9 Å². The van der Waals surface area contributed by atoms with Crippen LogP contribution in [0, 0.1) is 0 Å². The summed E-state index contributed by atoms with van der Waals surface area (Å²) in [6.07, 6.45) is 2.16. The van der Waals surface area contributed by atoms with Crippen LogP contribution in [0.15, 0.2) is 0 Å². The van der Waals surface area contributed by atoms with E-state index in [1.54, 1.807) is 6.92 Å². The fourth-order valence-corrected chi connectivity index (χ4v) is 3.17. The van der Waals surface area contributed by atoms with Crippen LogP contribution in [0.2, 0.25) is 0 Å². The minimum atomic E-state index is -0.589. The lowest BCUT2D eigenvalue weighted by molar-refractivity contribution is -0.172. The van der Waals surface area contributed by atoms with E-state index in [1.807, 2.05) is 0 Å². The van der Waals surface area contributed by atoms with Crippen molar-refractivity contribution in [1.82, 2.24) is 20.8 Å². The molecule has 0 aromatic carbocycles. The number of hydroxylamine groups is 3. The second-order valence-corrected chi connectivity index (χ2v) is 6.30. The predicted octanol–water partition coefficient (Wildman–Crippen LogP) is -0.841. The van der Waals surface area contributed by atoms with Crippen LogP contribution in [0.5, 0.6) is 0 Å². The average molecular weight is 356 g/mol. The van der Waals surface area contributed by atoms with E-state index < -0.39 is 18.0 Å². The SMILES string of the molecule is CCOC(=O)CON1C(=O)N2C[C@H]1CC[C@H]2C(=O)NOC[C@H]1CCN1. The Morgan fingerprint density at radius 1 is 1.32 bits per heavy atom. The third-order valence-electron chi connectivity index (χ3n) is 4.64. The molecular formula is C15H24N4O6. The molecule has 3 atom stereocenters. The number of esters is 1. The van der Waals surface area contributed by atoms with Crippen molar-refractivity contribution in [1.29, 1.82) is 0 Å². The summed E-state index contributed by atoms with van der Waals surface area (Å²) in [5.74, 6) is -0.864. The maximum atomic E-state index is 12.5. The summed E-state index contributed by atoms with van der Waals surface area (Å²) in [6.45, 7) is 3.40. The number of carbonyl (C=O) groups excluding carboxylic acids is 3. The average Bonchev–Trinajstić information content (AvgIpc) is 2.79. The molecule has 3 aliphatic heterocycles. The first-order chi connectivity index (χ1) is 12.1. The van der Waals surface area contributed by atoms with Crippen LogP contribution < -0.4 is 10.8 Å². The Hall–Kier alpha value is -1.91. The van der Waals surface area contributed by atoms with E-state index in [0.29, 0.717) is 26.0 Å². The molecule has 10 heteroatoms. The molecule has 0 radical (unpaired) electrons. The number of hydrogen-bond acceptors (Lipinski definition) is 7. The van der Waals surface area contributed by atoms with Gasteiger partial charge in [0, 0.05) is 12.6 Å². The molecule has 25 heavy (non-hydrogen) atoms. The van der Waals surface area contributed by atoms with Crippen LogP contribution in [0.25, 0.3) is 0 Å². The number of amides is 3. The van der Waals surface area contributed by atoms with Gasteiger partial charge in [-0.25, -0.2) is 15.1 Å². The molecule has 0 aliphatic carbocycles. The van der Waals surface area contributed by atoms with Crippen LogP contribution >= 0.6 is 0 Å². The molecule has 10 nitrogen and oxygen atoms in total. The van der Waals surface area contributed by atoms with Gasteiger partial charge in [-0.15, -0.1) is 0 Å². The van der Waals surface area contributed by atoms with Crippen molar-refractivity contribution in [2.75, 3.05) is 32.9 Å². The zero-order valence-corrected chi connectivity index (χ0v) is 14.2. The van der Waals surface area contributed by atoms with E-state index in [4.69, 9.17) is 14.4 Å². The standard InChI is InChI=1S/C15H24N4O6/c1-2-23-13(20)9-25-19-11-3-4-12(18(7-11)15(19)22)14(21)17-24-8-10-5-6-16-10/h10-12,16H,2-9H2,1H3,(H,17,21)/t10-,11-,12+/m1/s1. The Morgan fingerprint density at radius 2 is 2.12 bits per heavy atom. The Balaban J connectivity index is 1.48. The van der Waals surface area contributed by atoms with Crippen molar-refractivity contribution in [2.24, 2.45) is 0 Å². The van der Waals surface area contributed by atoms with Crippen LogP contribution in [-0.2, 0) is 24.0 Å². The summed E-state index contributed by atoms with van der Waals surface area (Å²) in [5, 5.41) is 4.35. The first kappa shape index (κ1) is 17.9. The topological polar surface area (TPSA) is 109 Å². The molecule has 2 N–H and O–H groups in total. The zero-order chi connectivity index (χ0) is 17.8. The molecule has 3 rings (SSSR count). The van der Waals surface area contributed by atoms with Gasteiger partial charge in [-0.05, 0) is 32.7 Å². The molecule has 3 heterocycles. The van der Waals surface area contributed by atoms with Crippen molar-refractivity contribution in [2.45, 2.75) is 44.3 Å². The zero-order valence-electron chi connectivity index (χ0n) is 14.2. The monoisotopic (exact) mass is 356 g/mol. The summed E-state index contributed by atoms with van der Waals surface area (Å²) in [7, 11) is 0. The summed E-state index contributed by atoms with van der Waals surface area (Å²) >= 11 is 0. The van der Waals surface area contributed by atoms with Gasteiger partial charge in [0.2, 0.25) is 0 Å². The van der Waals surface area contributed by atoms with Gasteiger partial charge < -0.3 is 15.0 Å². The number of nitrogens with zero attached hydrogens (tertiary/aromatic N) is 2. The van der Waals surface area contributed by atoms with Crippen molar-refractivity contribution < 1.29 is 28.8 Å². The van der Waals surface area contributed by atoms with Crippen molar-refractivity contribution >= 4 is 17.9 Å². The lowest BCUT2D eigenvalue weighted by Crippen LogP contribution is -2.51. The minimum Gasteiger partial charge on any atom is -0.464 e. The number of ether oxygens (including phenoxy) is 1. The second-order valence-electron chi connectivity index (χ2n) is 6.30. The summed E-state index contributed by atoms with van der Waals surface area (Å²) in [5.41, 5.74) is 2.43. The molecule has 3 saturated heterocycles. The molecule has 3 fully saturated rings. The maximum absolute atomic E-state index is 12.5. The highest BCUT2D eigenvalue weighted by Gasteiger charge is 2.48. The molecule has 3 amide bonds. The van der Waals surface area contributed by atoms with Gasteiger partial charge >= 0.3 is 12.0 Å². The Labute approximate surface area is 145 Å². The number of piperidine rings is 1. The summed E-state index contributed by atoms with van der Waals surface area (Å²) in [4.78, 5) is 48.1. The van der Waals surface area contributed by atoms with Crippen LogP contribution in [0.1, 0.15) is 26.2 Å². The Morgan fingerprint density at radius 3 is 2.80 bits per heavy atom. The van der Waals surface area contributed by atoms with Gasteiger partial charge in [0.1, 0.15) is 6.04 Å². The smallest absolute Gasteiger partial charge is 0.345 e. The van der Waals surface area contributed by atoms with Crippen molar-refractivity contribution in [3.05, 3.63) is 0 Å². The number of fused-ring (bicyclic) bond motifs is 2. The van der Waals surface area contributed by atoms with Gasteiger partial charge in [-0.2, -0.15) is 5.06 Å². The van der Waals surface area contributed by atoms with E-state index in [2.05, 4.69) is 10.8 Å². The highest BCUT2D eigenvalue weighted by molar-refractivity contribution is 5.88. The number of hydrogen-bond donors (Lipinski definition) is 2. The van der Waals surface area contributed by atoms with E-state index >= 15 is 0 Å². The van der Waals surface area contributed by atoms with E-state index in [-0.39, 0.29) is 31.2 Å². The van der Waals surface area contributed by atoms with E-state index in [9.17, 15) is 14.4 Å². The Bertz CT molecular complexity index is 526. The molecule has 2 bridgehead atoms. The van der Waals surface area contributed by atoms with Gasteiger partial charge in [0.15, 0.2) is 6.61 Å². The molecule has 0 aromatic heterocycles. The summed E-state index contributed by atoms with van der Waals surface area (Å²) < 4.78 is 4.78. The van der Waals surface area contributed by atoms with Crippen molar-refractivity contribution in [3.63, 3.8) is 0 Å². The molecule has 140 valence electrons. The van der Waals surface area contributed by atoms with Crippen LogP contribution in [0.3, 0.4) is 0 Å². The highest BCUT2D eigenvalue weighted by Crippen LogP contribution is 2.30. The van der Waals surface area contributed by atoms with Gasteiger partial charge in [-0.3, -0.25) is 14.5 Å². The normalized spacial score (nSPS) is 27.9. The quantitative estimate of drug-likeness (QED) is 0.431. The number of nitrogens with one attached hydrogen (secondary N) is 2.